The fourth-order valence-electron chi connectivity index (χ4n) is 1.81. The molecule has 17 heavy (non-hydrogen) atoms. The quantitative estimate of drug-likeness (QED) is 0.284. The molecule has 5 nitrogen and oxygen atoms in total. The summed E-state index contributed by atoms with van der Waals surface area (Å²) in [5, 5.41) is 9.94. The number of carbonyl (C=O) groups is 2. The van der Waals surface area contributed by atoms with Crippen molar-refractivity contribution >= 4 is 56.4 Å². The zero-order valence-corrected chi connectivity index (χ0v) is 13.6. The molecule has 0 saturated carbocycles. The molecule has 2 heterocycles. The number of rotatable bonds is 2. The van der Waals surface area contributed by atoms with Crippen LogP contribution in [0, 0.1) is 0 Å². The number of halogens is 2. The van der Waals surface area contributed by atoms with Crippen molar-refractivity contribution in [3.8, 4) is 0 Å². The van der Waals surface area contributed by atoms with E-state index in [9.17, 15) is 14.7 Å². The Bertz CT molecular complexity index is 404. The molecule has 0 aromatic heterocycles. The summed E-state index contributed by atoms with van der Waals surface area (Å²) < 4.78 is 11.1. The molecule has 0 aromatic rings. The van der Waals surface area contributed by atoms with E-state index < -0.39 is 42.2 Å². The first-order valence-electron chi connectivity index (χ1n) is 5.07. The largest absolute Gasteiger partial charge is 0.390 e. The number of fused-ring (bicyclic) bond motifs is 1. The first kappa shape index (κ1) is 14.0. The van der Waals surface area contributed by atoms with Gasteiger partial charge in [-0.15, -0.1) is 0 Å². The lowest BCUT2D eigenvalue weighted by molar-refractivity contribution is -0.150. The van der Waals surface area contributed by atoms with Crippen molar-refractivity contribution in [2.24, 2.45) is 0 Å². The maximum Gasteiger partial charge on any atom is 0.262 e. The molecular weight excluding hydrogens is 454 g/mol. The maximum atomic E-state index is 11.6. The minimum absolute atomic E-state index is 0.234. The van der Waals surface area contributed by atoms with Crippen molar-refractivity contribution in [1.29, 1.82) is 0 Å². The third-order valence-corrected chi connectivity index (χ3v) is 6.26. The van der Waals surface area contributed by atoms with E-state index in [1.54, 1.807) is 13.8 Å². The number of hydrogen-bond acceptors (Lipinski definition) is 5. The van der Waals surface area contributed by atoms with E-state index in [0.717, 1.165) is 0 Å². The van der Waals surface area contributed by atoms with Gasteiger partial charge in [-0.3, -0.25) is 9.59 Å². The Labute approximate surface area is 122 Å². The number of aliphatic hydroxyl groups is 1. The molecule has 0 aliphatic carbocycles. The van der Waals surface area contributed by atoms with E-state index in [-0.39, 0.29) is 16.6 Å². The highest BCUT2D eigenvalue weighted by Crippen LogP contribution is 2.40. The van der Waals surface area contributed by atoms with Crippen molar-refractivity contribution in [3.05, 3.63) is 0 Å². The Kier molecular flexibility index (Phi) is 4.03. The maximum absolute atomic E-state index is 11.6. The number of hydrogen-bond donors (Lipinski definition) is 1. The molecule has 1 saturated heterocycles. The van der Waals surface area contributed by atoms with Crippen molar-refractivity contribution in [3.63, 3.8) is 0 Å². The van der Waals surface area contributed by atoms with Gasteiger partial charge in [-0.05, 0) is 13.8 Å². The molecule has 96 valence electrons. The first-order valence-corrected chi connectivity index (χ1v) is 8.47. The molecule has 3 atom stereocenters. The summed E-state index contributed by atoms with van der Waals surface area (Å²) in [6.45, 7) is 3.57. The molecule has 0 aromatic carbocycles. The topological polar surface area (TPSA) is 72.8 Å². The van der Waals surface area contributed by atoms with E-state index >= 15 is 0 Å². The van der Waals surface area contributed by atoms with Gasteiger partial charge in [0.2, 0.25) is 5.78 Å². The van der Waals surface area contributed by atoms with Crippen molar-refractivity contribution in [2.45, 2.75) is 42.4 Å². The number of alkyl halides is 1. The van der Waals surface area contributed by atoms with E-state index in [4.69, 9.17) is 9.47 Å². The van der Waals surface area contributed by atoms with Gasteiger partial charge in [0.25, 0.3) is 3.79 Å². The summed E-state index contributed by atoms with van der Waals surface area (Å²) in [4.78, 5) is 22.7. The molecule has 1 N–H and O–H groups in total. The Morgan fingerprint density at radius 2 is 2.12 bits per heavy atom. The molecule has 1 fully saturated rings. The lowest BCUT2D eigenvalue weighted by Crippen LogP contribution is -2.40. The highest BCUT2D eigenvalue weighted by molar-refractivity contribution is 14.2. The molecule has 2 aliphatic rings. The van der Waals surface area contributed by atoms with Crippen LogP contribution in [0.25, 0.3) is 0 Å². The second-order valence-electron chi connectivity index (χ2n) is 4.34. The molecule has 0 radical (unpaired) electrons. The minimum Gasteiger partial charge on any atom is -0.390 e. The number of ether oxygens (including phenoxy) is 2. The van der Waals surface area contributed by atoms with E-state index in [2.05, 4.69) is 0 Å². The molecule has 7 heteroatoms. The Hall–Kier alpha value is 0.550. The monoisotopic (exact) mass is 466 g/mol. The third kappa shape index (κ3) is 2.94. The van der Waals surface area contributed by atoms with Gasteiger partial charge >= 0.3 is 0 Å². The molecule has 2 aliphatic heterocycles. The standard InChI is InChI=1S/C10H12I2O5/c1-10(2)16-7-5(13)3-4(6(14)8(11)15)12-9(7)17-10/h5,7,9,13H,3H2,1-2H3/t5-,7+,9+/m1/s1. The van der Waals surface area contributed by atoms with Gasteiger partial charge < -0.3 is 14.6 Å². The smallest absolute Gasteiger partial charge is 0.262 e. The number of carbonyl (C=O) groups excluding carboxylic acids is 2. The van der Waals surface area contributed by atoms with Crippen LogP contribution in [0.4, 0.5) is 0 Å². The fourth-order valence-corrected chi connectivity index (χ4v) is 6.34. The summed E-state index contributed by atoms with van der Waals surface area (Å²) in [6.07, 6.45) is -0.884. The van der Waals surface area contributed by atoms with Gasteiger partial charge in [0, 0.05) is 32.5 Å². The van der Waals surface area contributed by atoms with E-state index in [0.29, 0.717) is 3.51 Å². The van der Waals surface area contributed by atoms with Crippen molar-refractivity contribution in [1.82, 2.24) is 0 Å². The predicted molar refractivity (Wildman–Crippen MR) is 77.5 cm³/mol. The SMILES string of the molecule is CC1(C)O[C@H]2[C@H](O)CC(C(=O)C(=O)I)=I[C@H]2O1. The number of ketones is 1. The van der Waals surface area contributed by atoms with Gasteiger partial charge in [0.05, 0.1) is 6.10 Å². The Morgan fingerprint density at radius 1 is 1.47 bits per heavy atom. The zero-order valence-electron chi connectivity index (χ0n) is 9.28. The van der Waals surface area contributed by atoms with Crippen LogP contribution < -0.4 is 0 Å². The normalized spacial score (nSPS) is 35.5. The van der Waals surface area contributed by atoms with Crippen LogP contribution in [0.5, 0.6) is 0 Å². The number of Topliss-reactive ketones (excluding diaryl/α,β-unsaturated/α-hetero) is 1. The van der Waals surface area contributed by atoms with E-state index in [1.165, 1.54) is 22.6 Å². The number of aliphatic hydroxyl groups excluding tert-OH is 1. The second kappa shape index (κ2) is 4.91. The van der Waals surface area contributed by atoms with Crippen LogP contribution in [0.1, 0.15) is 20.3 Å². The Morgan fingerprint density at radius 3 is 2.71 bits per heavy atom. The highest BCUT2D eigenvalue weighted by atomic mass is 127. The average Bonchev–Trinajstić information content (AvgIpc) is 2.51. The lowest BCUT2D eigenvalue weighted by Gasteiger charge is -2.25. The Balaban J connectivity index is 2.24. The minimum atomic E-state index is -0.759. The van der Waals surface area contributed by atoms with Crippen LogP contribution in [0.3, 0.4) is 0 Å². The summed E-state index contributed by atoms with van der Waals surface area (Å²) in [5.41, 5.74) is 0. The molecular formula is C10H12I2O5. The summed E-state index contributed by atoms with van der Waals surface area (Å²) in [7, 11) is 0. The summed E-state index contributed by atoms with van der Waals surface area (Å²) in [6, 6.07) is 0. The van der Waals surface area contributed by atoms with Crippen LogP contribution in [0.15, 0.2) is 0 Å². The van der Waals surface area contributed by atoms with Crippen molar-refractivity contribution < 1.29 is 24.2 Å². The highest BCUT2D eigenvalue weighted by Gasteiger charge is 2.47. The molecule has 0 spiro atoms. The lowest BCUT2D eigenvalue weighted by atomic mass is 10.1. The molecule has 0 bridgehead atoms. The van der Waals surface area contributed by atoms with Gasteiger partial charge in [-0.1, -0.05) is 20.7 Å². The average molecular weight is 466 g/mol. The molecule has 2 rings (SSSR count). The van der Waals surface area contributed by atoms with Gasteiger partial charge in [0.15, 0.2) is 5.79 Å². The van der Waals surface area contributed by atoms with Crippen molar-refractivity contribution in [2.75, 3.05) is 0 Å². The predicted octanol–water partition coefficient (Wildman–Crippen LogP) is 0.902. The van der Waals surface area contributed by atoms with Gasteiger partial charge in [-0.2, -0.15) is 0 Å². The first-order chi connectivity index (χ1) is 7.80. The fraction of sp³-hybridized carbons (Fsp3) is 0.700. The second-order valence-corrected chi connectivity index (χ2v) is 8.47. The van der Waals surface area contributed by atoms with Crippen LogP contribution in [-0.2, 0) is 19.1 Å². The summed E-state index contributed by atoms with van der Waals surface area (Å²) >= 11 is 0.758. The molecule has 0 amide bonds. The van der Waals surface area contributed by atoms with Gasteiger partial charge in [0.1, 0.15) is 10.2 Å². The van der Waals surface area contributed by atoms with E-state index in [1.807, 2.05) is 0 Å². The molecule has 0 unspecified atom stereocenters. The third-order valence-electron chi connectivity index (χ3n) is 2.51. The zero-order chi connectivity index (χ0) is 12.8. The summed E-state index contributed by atoms with van der Waals surface area (Å²) in [5.74, 6) is -1.19. The van der Waals surface area contributed by atoms with Crippen LogP contribution >= 0.6 is 43.3 Å². The van der Waals surface area contributed by atoms with Crippen LogP contribution in [-0.4, -0.2) is 40.3 Å². The van der Waals surface area contributed by atoms with Crippen LogP contribution in [0.2, 0.25) is 0 Å². The van der Waals surface area contributed by atoms with Gasteiger partial charge in [-0.25, -0.2) is 0 Å².